The van der Waals surface area contributed by atoms with Crippen molar-refractivity contribution >= 4 is 34.8 Å². The summed E-state index contributed by atoms with van der Waals surface area (Å²) in [5.41, 5.74) is 4.61. The quantitative estimate of drug-likeness (QED) is 0.748. The molecule has 2 amide bonds. The van der Waals surface area contributed by atoms with Crippen molar-refractivity contribution in [1.82, 2.24) is 0 Å². The molecule has 2 aromatic rings. The maximum Gasteiger partial charge on any atom is 0.283 e. The number of imide groups is 1. The van der Waals surface area contributed by atoms with Gasteiger partial charge in [-0.05, 0) is 62.6 Å². The zero-order valence-corrected chi connectivity index (χ0v) is 16.1. The van der Waals surface area contributed by atoms with E-state index in [9.17, 15) is 9.59 Å². The Hall–Kier alpha value is -2.59. The van der Waals surface area contributed by atoms with Crippen LogP contribution in [0.4, 0.5) is 11.4 Å². The van der Waals surface area contributed by atoms with Crippen LogP contribution in [0.2, 0.25) is 0 Å². The van der Waals surface area contributed by atoms with Crippen LogP contribution >= 0.6 is 11.6 Å². The molecule has 1 aliphatic rings. The molecule has 0 aromatic heterocycles. The zero-order chi connectivity index (χ0) is 19.0. The molecule has 0 N–H and O–H groups in total. The van der Waals surface area contributed by atoms with Crippen molar-refractivity contribution in [3.8, 4) is 0 Å². The highest BCUT2D eigenvalue weighted by Crippen LogP contribution is 2.35. The lowest BCUT2D eigenvalue weighted by molar-refractivity contribution is -0.120. The molecule has 0 saturated carbocycles. The van der Waals surface area contributed by atoms with Crippen molar-refractivity contribution in [1.29, 1.82) is 0 Å². The number of hydrogen-bond donors (Lipinski definition) is 0. The summed E-state index contributed by atoms with van der Waals surface area (Å²) in [7, 11) is 0. The first kappa shape index (κ1) is 18.2. The molecule has 26 heavy (non-hydrogen) atoms. The number of likely N-dealkylation sites (N-methyl/N-ethyl adjacent to an activating group) is 1. The topological polar surface area (TPSA) is 40.6 Å². The minimum Gasteiger partial charge on any atom is -0.336 e. The molecule has 1 aliphatic heterocycles. The van der Waals surface area contributed by atoms with E-state index in [4.69, 9.17) is 11.6 Å². The molecule has 2 aromatic carbocycles. The van der Waals surface area contributed by atoms with Crippen molar-refractivity contribution in [3.63, 3.8) is 0 Å². The van der Waals surface area contributed by atoms with Gasteiger partial charge in [-0.3, -0.25) is 9.59 Å². The summed E-state index contributed by atoms with van der Waals surface area (Å²) in [6.45, 7) is 8.28. The summed E-state index contributed by atoms with van der Waals surface area (Å²) >= 11 is 6.35. The van der Waals surface area contributed by atoms with Gasteiger partial charge in [0.15, 0.2) is 0 Å². The number of nitrogens with zero attached hydrogens (tertiary/aromatic N) is 2. The van der Waals surface area contributed by atoms with Crippen LogP contribution in [-0.2, 0) is 9.59 Å². The lowest BCUT2D eigenvalue weighted by atomic mass is 10.1. The summed E-state index contributed by atoms with van der Waals surface area (Å²) < 4.78 is 0. The maximum atomic E-state index is 13.2. The van der Waals surface area contributed by atoms with Gasteiger partial charge in [-0.1, -0.05) is 35.9 Å². The van der Waals surface area contributed by atoms with Crippen LogP contribution < -0.4 is 9.80 Å². The smallest absolute Gasteiger partial charge is 0.283 e. The van der Waals surface area contributed by atoms with Gasteiger partial charge < -0.3 is 4.90 Å². The SMILES string of the molecule is CCN(C1=C(Cl)C(=O)N(c2cccc(C)c2C)C1=O)c1cccc(C)c1. The molecule has 0 bridgehead atoms. The Kier molecular flexibility index (Phi) is 4.88. The Morgan fingerprint density at radius 1 is 1.00 bits per heavy atom. The molecule has 0 spiro atoms. The standard InChI is InChI=1S/C21H21ClN2O2/c1-5-23(16-10-6-8-13(2)12-16)19-18(22)20(25)24(21(19)26)17-11-7-9-14(3)15(17)4/h6-12H,5H2,1-4H3. The molecule has 0 aliphatic carbocycles. The second-order valence-electron chi connectivity index (χ2n) is 6.41. The zero-order valence-electron chi connectivity index (χ0n) is 15.3. The van der Waals surface area contributed by atoms with Crippen LogP contribution in [-0.4, -0.2) is 18.4 Å². The van der Waals surface area contributed by atoms with Gasteiger partial charge in [0, 0.05) is 12.2 Å². The average molecular weight is 369 g/mol. The van der Waals surface area contributed by atoms with Crippen molar-refractivity contribution < 1.29 is 9.59 Å². The van der Waals surface area contributed by atoms with E-state index >= 15 is 0 Å². The fourth-order valence-electron chi connectivity index (χ4n) is 3.19. The second kappa shape index (κ2) is 6.96. The summed E-state index contributed by atoms with van der Waals surface area (Å²) in [5.74, 6) is -0.872. The molecule has 134 valence electrons. The number of carbonyl (C=O) groups excluding carboxylic acids is 2. The molecule has 0 saturated heterocycles. The molecular weight excluding hydrogens is 348 g/mol. The molecular formula is C21H21ClN2O2. The number of aryl methyl sites for hydroxylation is 2. The third kappa shape index (κ3) is 2.90. The van der Waals surface area contributed by atoms with Gasteiger partial charge in [-0.25, -0.2) is 4.90 Å². The molecule has 1 heterocycles. The van der Waals surface area contributed by atoms with Gasteiger partial charge in [-0.15, -0.1) is 0 Å². The predicted molar refractivity (Wildman–Crippen MR) is 105 cm³/mol. The third-order valence-corrected chi connectivity index (χ3v) is 5.06. The Morgan fingerprint density at radius 3 is 2.35 bits per heavy atom. The largest absolute Gasteiger partial charge is 0.336 e. The number of benzene rings is 2. The molecule has 0 unspecified atom stereocenters. The molecule has 4 nitrogen and oxygen atoms in total. The van der Waals surface area contributed by atoms with Crippen LogP contribution in [0, 0.1) is 20.8 Å². The monoisotopic (exact) mass is 368 g/mol. The number of amides is 2. The van der Waals surface area contributed by atoms with Gasteiger partial charge in [0.2, 0.25) is 0 Å². The highest BCUT2D eigenvalue weighted by molar-refractivity contribution is 6.53. The lowest BCUT2D eigenvalue weighted by Crippen LogP contribution is -2.35. The Balaban J connectivity index is 2.07. The molecule has 0 fully saturated rings. The van der Waals surface area contributed by atoms with E-state index in [1.165, 1.54) is 4.90 Å². The van der Waals surface area contributed by atoms with Crippen LogP contribution in [0.5, 0.6) is 0 Å². The van der Waals surface area contributed by atoms with E-state index in [1.807, 2.05) is 64.1 Å². The van der Waals surface area contributed by atoms with Crippen molar-refractivity contribution in [2.75, 3.05) is 16.3 Å². The predicted octanol–water partition coefficient (Wildman–Crippen LogP) is 4.46. The molecule has 3 rings (SSSR count). The Morgan fingerprint density at radius 2 is 1.69 bits per heavy atom. The normalized spacial score (nSPS) is 14.4. The lowest BCUT2D eigenvalue weighted by Gasteiger charge is -2.25. The van der Waals surface area contributed by atoms with E-state index in [1.54, 1.807) is 11.0 Å². The van der Waals surface area contributed by atoms with E-state index in [0.717, 1.165) is 22.4 Å². The minimum absolute atomic E-state index is 0.0423. The van der Waals surface area contributed by atoms with E-state index in [-0.39, 0.29) is 10.7 Å². The molecule has 5 heteroatoms. The van der Waals surface area contributed by atoms with Gasteiger partial charge in [0.25, 0.3) is 11.8 Å². The molecule has 0 atom stereocenters. The van der Waals surface area contributed by atoms with E-state index in [0.29, 0.717) is 12.2 Å². The van der Waals surface area contributed by atoms with E-state index in [2.05, 4.69) is 0 Å². The minimum atomic E-state index is -0.480. The highest BCUT2D eigenvalue weighted by Gasteiger charge is 2.42. The average Bonchev–Trinajstić information content (AvgIpc) is 2.82. The van der Waals surface area contributed by atoms with Gasteiger partial charge >= 0.3 is 0 Å². The van der Waals surface area contributed by atoms with E-state index < -0.39 is 11.8 Å². The third-order valence-electron chi connectivity index (χ3n) is 4.72. The number of hydrogen-bond acceptors (Lipinski definition) is 3. The number of anilines is 2. The number of halogens is 1. The highest BCUT2D eigenvalue weighted by atomic mass is 35.5. The summed E-state index contributed by atoms with van der Waals surface area (Å²) in [4.78, 5) is 28.9. The Labute approximate surface area is 158 Å². The molecule has 0 radical (unpaired) electrons. The first-order valence-electron chi connectivity index (χ1n) is 8.55. The van der Waals surface area contributed by atoms with Crippen LogP contribution in [0.15, 0.2) is 53.2 Å². The van der Waals surface area contributed by atoms with Crippen molar-refractivity contribution in [2.24, 2.45) is 0 Å². The van der Waals surface area contributed by atoms with Crippen LogP contribution in [0.3, 0.4) is 0 Å². The second-order valence-corrected chi connectivity index (χ2v) is 6.79. The summed E-state index contributed by atoms with van der Waals surface area (Å²) in [5, 5.41) is -0.0423. The first-order valence-corrected chi connectivity index (χ1v) is 8.93. The fourth-order valence-corrected chi connectivity index (χ4v) is 3.46. The summed E-state index contributed by atoms with van der Waals surface area (Å²) in [6.07, 6.45) is 0. The van der Waals surface area contributed by atoms with Crippen molar-refractivity contribution in [2.45, 2.75) is 27.7 Å². The fraction of sp³-hybridized carbons (Fsp3) is 0.238. The van der Waals surface area contributed by atoms with Crippen LogP contribution in [0.1, 0.15) is 23.6 Å². The van der Waals surface area contributed by atoms with Crippen LogP contribution in [0.25, 0.3) is 0 Å². The maximum absolute atomic E-state index is 13.2. The van der Waals surface area contributed by atoms with Gasteiger partial charge in [0.1, 0.15) is 10.7 Å². The van der Waals surface area contributed by atoms with Crippen molar-refractivity contribution in [3.05, 3.63) is 69.9 Å². The number of rotatable bonds is 4. The summed E-state index contributed by atoms with van der Waals surface area (Å²) in [6, 6.07) is 13.3. The van der Waals surface area contributed by atoms with Gasteiger partial charge in [-0.2, -0.15) is 0 Å². The van der Waals surface area contributed by atoms with Gasteiger partial charge in [0.05, 0.1) is 5.69 Å². The number of carbonyl (C=O) groups is 2. The first-order chi connectivity index (χ1) is 12.4. The Bertz CT molecular complexity index is 933.